The van der Waals surface area contributed by atoms with Crippen LogP contribution in [0, 0.1) is 5.92 Å². The highest BCUT2D eigenvalue weighted by atomic mass is 19.1. The molecule has 3 atom stereocenters. The Hall–Kier alpha value is -1.59. The summed E-state index contributed by atoms with van der Waals surface area (Å²) >= 11 is 0. The zero-order valence-electron chi connectivity index (χ0n) is 15.2. The smallest absolute Gasteiger partial charge is 0.410 e. The molecule has 5 nitrogen and oxygen atoms in total. The summed E-state index contributed by atoms with van der Waals surface area (Å²) in [6, 6.07) is -1.32. The summed E-state index contributed by atoms with van der Waals surface area (Å²) in [7, 11) is 0. The second-order valence-electron chi connectivity index (χ2n) is 7.57. The van der Waals surface area contributed by atoms with Crippen molar-refractivity contribution in [1.82, 2.24) is 10.2 Å². The minimum atomic E-state index is -0.705. The first-order valence-corrected chi connectivity index (χ1v) is 8.05. The molecule has 0 radical (unpaired) electrons. The molecule has 2 amide bonds. The van der Waals surface area contributed by atoms with E-state index >= 15 is 0 Å². The van der Waals surface area contributed by atoms with Crippen molar-refractivity contribution in [2.45, 2.75) is 72.6 Å². The number of nitrogens with one attached hydrogen (secondary N) is 1. The van der Waals surface area contributed by atoms with E-state index in [1.54, 1.807) is 41.5 Å². The first-order chi connectivity index (χ1) is 10.4. The highest BCUT2D eigenvalue weighted by Crippen LogP contribution is 2.25. The lowest BCUT2D eigenvalue weighted by atomic mass is 10.1. The fraction of sp³-hybridized carbons (Fsp3) is 0.765. The number of rotatable bonds is 3. The van der Waals surface area contributed by atoms with Crippen LogP contribution in [0.1, 0.15) is 54.9 Å². The molecule has 1 aliphatic heterocycles. The maximum Gasteiger partial charge on any atom is 0.410 e. The van der Waals surface area contributed by atoms with Crippen LogP contribution in [-0.4, -0.2) is 41.1 Å². The van der Waals surface area contributed by atoms with Crippen LogP contribution in [-0.2, 0) is 9.53 Å². The van der Waals surface area contributed by atoms with E-state index in [4.69, 9.17) is 4.74 Å². The Kier molecular flexibility index (Phi) is 6.19. The molecule has 0 aromatic rings. The van der Waals surface area contributed by atoms with E-state index in [9.17, 15) is 14.0 Å². The molecular weight excluding hydrogens is 299 g/mol. The van der Waals surface area contributed by atoms with E-state index in [-0.39, 0.29) is 17.7 Å². The lowest BCUT2D eigenvalue weighted by molar-refractivity contribution is -0.126. The molecule has 0 aromatic carbocycles. The van der Waals surface area contributed by atoms with Crippen molar-refractivity contribution in [3.8, 4) is 0 Å². The molecule has 1 saturated heterocycles. The van der Waals surface area contributed by atoms with Gasteiger partial charge < -0.3 is 10.1 Å². The Morgan fingerprint density at radius 2 is 1.87 bits per heavy atom. The van der Waals surface area contributed by atoms with Gasteiger partial charge in [0.15, 0.2) is 0 Å². The van der Waals surface area contributed by atoms with Crippen LogP contribution in [0.4, 0.5) is 9.18 Å². The van der Waals surface area contributed by atoms with E-state index in [1.165, 1.54) is 4.90 Å². The SMILES string of the molecule is CC(C)=C(F)[C@H](C)NC(=O)[C@@H]1C[C@H](C)CN1C(=O)OC(C)(C)C. The standard InChI is InChI=1S/C17H29FN2O3/c1-10(2)14(18)12(4)19-15(21)13-8-11(3)9-20(13)16(22)23-17(5,6)7/h11-13H,8-9H2,1-7H3,(H,19,21)/t11-,12-,13-/m0/s1. The maximum absolute atomic E-state index is 13.9. The molecule has 0 aromatic heterocycles. The molecule has 1 aliphatic rings. The maximum atomic E-state index is 13.9. The van der Waals surface area contributed by atoms with E-state index < -0.39 is 23.8 Å². The van der Waals surface area contributed by atoms with Crippen LogP contribution >= 0.6 is 0 Å². The van der Waals surface area contributed by atoms with Crippen LogP contribution in [0.5, 0.6) is 0 Å². The van der Waals surface area contributed by atoms with Crippen molar-refractivity contribution in [2.24, 2.45) is 5.92 Å². The first kappa shape index (κ1) is 19.5. The van der Waals surface area contributed by atoms with E-state index in [0.29, 0.717) is 18.5 Å². The van der Waals surface area contributed by atoms with Gasteiger partial charge in [0, 0.05) is 6.54 Å². The zero-order chi connectivity index (χ0) is 17.9. The summed E-state index contributed by atoms with van der Waals surface area (Å²) in [5.41, 5.74) is -0.0904. The Morgan fingerprint density at radius 1 is 1.30 bits per heavy atom. The average Bonchev–Trinajstić information content (AvgIpc) is 2.77. The van der Waals surface area contributed by atoms with Crippen LogP contribution in [0.15, 0.2) is 11.4 Å². The summed E-state index contributed by atoms with van der Waals surface area (Å²) in [4.78, 5) is 26.2. The Labute approximate surface area is 138 Å². The van der Waals surface area contributed by atoms with Gasteiger partial charge in [0.2, 0.25) is 5.91 Å². The molecule has 23 heavy (non-hydrogen) atoms. The Balaban J connectivity index is 2.81. The topological polar surface area (TPSA) is 58.6 Å². The number of nitrogens with zero attached hydrogens (tertiary/aromatic N) is 1. The third kappa shape index (κ3) is 5.52. The van der Waals surface area contributed by atoms with Gasteiger partial charge in [-0.25, -0.2) is 9.18 Å². The largest absolute Gasteiger partial charge is 0.444 e. The molecule has 0 bridgehead atoms. The Bertz CT molecular complexity index is 493. The van der Waals surface area contributed by atoms with Crippen molar-refractivity contribution in [3.05, 3.63) is 11.4 Å². The van der Waals surface area contributed by atoms with Gasteiger partial charge in [-0.1, -0.05) is 6.92 Å². The van der Waals surface area contributed by atoms with Crippen molar-refractivity contribution in [2.75, 3.05) is 6.54 Å². The predicted molar refractivity (Wildman–Crippen MR) is 87.6 cm³/mol. The molecule has 132 valence electrons. The fourth-order valence-electron chi connectivity index (χ4n) is 2.62. The third-order valence-electron chi connectivity index (χ3n) is 3.66. The number of likely N-dealkylation sites (tertiary alicyclic amines) is 1. The van der Waals surface area contributed by atoms with Crippen LogP contribution in [0.2, 0.25) is 0 Å². The number of carbonyl (C=O) groups is 2. The molecule has 1 N–H and O–H groups in total. The van der Waals surface area contributed by atoms with E-state index in [1.807, 2.05) is 6.92 Å². The van der Waals surface area contributed by atoms with Crippen LogP contribution in [0.3, 0.4) is 0 Å². The van der Waals surface area contributed by atoms with Crippen molar-refractivity contribution >= 4 is 12.0 Å². The number of allylic oxidation sites excluding steroid dienone is 1. The van der Waals surface area contributed by atoms with Gasteiger partial charge in [-0.3, -0.25) is 9.69 Å². The highest BCUT2D eigenvalue weighted by Gasteiger charge is 2.40. The lowest BCUT2D eigenvalue weighted by Crippen LogP contribution is -2.49. The average molecular weight is 328 g/mol. The minimum absolute atomic E-state index is 0.196. The number of amides is 2. The fourth-order valence-corrected chi connectivity index (χ4v) is 2.62. The molecular formula is C17H29FN2O3. The number of hydrogen-bond donors (Lipinski definition) is 1. The van der Waals surface area contributed by atoms with Gasteiger partial charge in [-0.2, -0.15) is 0 Å². The van der Waals surface area contributed by atoms with Gasteiger partial charge >= 0.3 is 6.09 Å². The summed E-state index contributed by atoms with van der Waals surface area (Å²) in [5, 5.41) is 2.65. The first-order valence-electron chi connectivity index (χ1n) is 8.05. The third-order valence-corrected chi connectivity index (χ3v) is 3.66. The number of hydrogen-bond acceptors (Lipinski definition) is 3. The van der Waals surface area contributed by atoms with Gasteiger partial charge in [0.1, 0.15) is 17.5 Å². The monoisotopic (exact) mass is 328 g/mol. The molecule has 0 spiro atoms. The number of halogens is 1. The molecule has 0 saturated carbocycles. The summed E-state index contributed by atoms with van der Waals surface area (Å²) < 4.78 is 19.2. The van der Waals surface area contributed by atoms with Crippen LogP contribution < -0.4 is 5.32 Å². The van der Waals surface area contributed by atoms with Gasteiger partial charge in [-0.05, 0) is 59.5 Å². The molecule has 1 rings (SSSR count). The van der Waals surface area contributed by atoms with Crippen molar-refractivity contribution in [3.63, 3.8) is 0 Å². The molecule has 0 unspecified atom stereocenters. The van der Waals surface area contributed by atoms with Gasteiger partial charge in [0.05, 0.1) is 6.04 Å². The molecule has 0 aliphatic carbocycles. The molecule has 1 fully saturated rings. The summed E-state index contributed by atoms with van der Waals surface area (Å²) in [6.45, 7) is 12.7. The molecule has 6 heteroatoms. The second kappa shape index (κ2) is 7.32. The number of carbonyl (C=O) groups excluding carboxylic acids is 2. The zero-order valence-corrected chi connectivity index (χ0v) is 15.2. The van der Waals surface area contributed by atoms with Crippen LogP contribution in [0.25, 0.3) is 0 Å². The Morgan fingerprint density at radius 3 is 2.35 bits per heavy atom. The second-order valence-corrected chi connectivity index (χ2v) is 7.57. The molecule has 1 heterocycles. The normalized spacial score (nSPS) is 22.5. The quantitative estimate of drug-likeness (QED) is 0.864. The summed E-state index contributed by atoms with van der Waals surface area (Å²) in [5.74, 6) is -0.501. The van der Waals surface area contributed by atoms with Crippen molar-refractivity contribution in [1.29, 1.82) is 0 Å². The predicted octanol–water partition coefficient (Wildman–Crippen LogP) is 3.40. The van der Waals surface area contributed by atoms with Crippen molar-refractivity contribution < 1.29 is 18.7 Å². The lowest BCUT2D eigenvalue weighted by Gasteiger charge is -2.28. The van der Waals surface area contributed by atoms with Gasteiger partial charge in [-0.15, -0.1) is 0 Å². The number of ether oxygens (including phenoxy) is 1. The van der Waals surface area contributed by atoms with E-state index in [2.05, 4.69) is 5.32 Å². The van der Waals surface area contributed by atoms with E-state index in [0.717, 1.165) is 0 Å². The summed E-state index contributed by atoms with van der Waals surface area (Å²) in [6.07, 6.45) is 0.0474. The van der Waals surface area contributed by atoms with Gasteiger partial charge in [0.25, 0.3) is 0 Å². The minimum Gasteiger partial charge on any atom is -0.444 e. The highest BCUT2D eigenvalue weighted by molar-refractivity contribution is 5.86.